The number of ether oxygens (including phenoxy) is 1. The van der Waals surface area contributed by atoms with Gasteiger partial charge in [-0.1, -0.05) is 30.3 Å². The highest BCUT2D eigenvalue weighted by atomic mass is 19.4. The van der Waals surface area contributed by atoms with E-state index in [4.69, 9.17) is 4.74 Å². The van der Waals surface area contributed by atoms with Crippen LogP contribution in [0.3, 0.4) is 0 Å². The predicted octanol–water partition coefficient (Wildman–Crippen LogP) is 7.14. The quantitative estimate of drug-likeness (QED) is 0.493. The van der Waals surface area contributed by atoms with Crippen molar-refractivity contribution in [3.8, 4) is 0 Å². The number of alkyl halides is 3. The van der Waals surface area contributed by atoms with Crippen LogP contribution in [0.5, 0.6) is 0 Å². The highest BCUT2D eigenvalue weighted by Gasteiger charge is 2.26. The van der Waals surface area contributed by atoms with E-state index in [0.29, 0.717) is 24.0 Å². The maximum absolute atomic E-state index is 12.3. The number of rotatable bonds is 5. The lowest BCUT2D eigenvalue weighted by atomic mass is 9.77. The van der Waals surface area contributed by atoms with E-state index in [2.05, 4.69) is 31.2 Å². The van der Waals surface area contributed by atoms with Crippen LogP contribution in [0, 0.1) is 5.92 Å². The molecule has 0 spiro atoms. The van der Waals surface area contributed by atoms with Crippen LogP contribution in [-0.4, -0.2) is 18.9 Å². The zero-order chi connectivity index (χ0) is 19.3. The summed E-state index contributed by atoms with van der Waals surface area (Å²) in [6, 6.07) is 9.05. The van der Waals surface area contributed by atoms with Crippen LogP contribution in [0.4, 0.5) is 13.2 Å². The largest absolute Gasteiger partial charge is 0.409 e. The molecule has 1 nitrogen and oxygen atoms in total. The van der Waals surface area contributed by atoms with Gasteiger partial charge in [-0.25, -0.2) is 0 Å². The molecule has 2 aliphatic rings. The van der Waals surface area contributed by atoms with Gasteiger partial charge < -0.3 is 4.74 Å². The lowest BCUT2D eigenvalue weighted by molar-refractivity contribution is -0.0803. The zero-order valence-electron chi connectivity index (χ0n) is 16.2. The number of benzene rings is 1. The van der Waals surface area contributed by atoms with Crippen molar-refractivity contribution in [1.29, 1.82) is 0 Å². The molecule has 4 heteroatoms. The zero-order valence-corrected chi connectivity index (χ0v) is 16.2. The van der Waals surface area contributed by atoms with Crippen molar-refractivity contribution in [1.82, 2.24) is 0 Å². The molecule has 0 aliphatic heterocycles. The third kappa shape index (κ3) is 6.10. The minimum atomic E-state index is -4.19. The van der Waals surface area contributed by atoms with Crippen molar-refractivity contribution in [3.05, 3.63) is 47.5 Å². The molecule has 1 aromatic rings. The molecule has 2 fully saturated rings. The van der Waals surface area contributed by atoms with Gasteiger partial charge in [0.2, 0.25) is 0 Å². The summed E-state index contributed by atoms with van der Waals surface area (Å²) in [4.78, 5) is 0. The Balaban J connectivity index is 1.49. The average Bonchev–Trinajstić information content (AvgIpc) is 2.67. The van der Waals surface area contributed by atoms with E-state index in [9.17, 15) is 13.2 Å². The van der Waals surface area contributed by atoms with Crippen LogP contribution in [0.1, 0.15) is 81.3 Å². The molecule has 0 amide bonds. The fraction of sp³-hybridized carbons (Fsp3) is 0.652. The predicted molar refractivity (Wildman–Crippen MR) is 103 cm³/mol. The first-order valence-electron chi connectivity index (χ1n) is 10.4. The summed E-state index contributed by atoms with van der Waals surface area (Å²) < 4.78 is 42.7. The summed E-state index contributed by atoms with van der Waals surface area (Å²) in [5.74, 6) is 1.20. The van der Waals surface area contributed by atoms with E-state index in [1.54, 1.807) is 0 Å². The van der Waals surface area contributed by atoms with Crippen LogP contribution < -0.4 is 0 Å². The van der Waals surface area contributed by atoms with Gasteiger partial charge in [0.25, 0.3) is 0 Å². The first kappa shape index (κ1) is 20.4. The number of allylic oxidation sites excluding steroid dienone is 2. The third-order valence-electron chi connectivity index (χ3n) is 6.29. The Morgan fingerprint density at radius 1 is 0.852 bits per heavy atom. The van der Waals surface area contributed by atoms with Crippen LogP contribution in [0.15, 0.2) is 36.4 Å². The van der Waals surface area contributed by atoms with Crippen molar-refractivity contribution in [3.63, 3.8) is 0 Å². The average molecular weight is 380 g/mol. The molecule has 2 aliphatic carbocycles. The standard InChI is InChI=1S/C23H31F3O/c1-2-27-22-13-11-21(12-14-22)20-9-7-19(8-10-20)18-5-3-17(4-6-18)15-16-23(24,25)26/h7-10,15-18,21-22H,2-6,11-14H2,1H3/b16-15+. The van der Waals surface area contributed by atoms with Gasteiger partial charge in [0, 0.05) is 12.7 Å². The van der Waals surface area contributed by atoms with E-state index in [0.717, 1.165) is 45.1 Å². The molecule has 0 radical (unpaired) electrons. The molecule has 150 valence electrons. The Bertz CT molecular complexity index is 589. The van der Waals surface area contributed by atoms with Crippen molar-refractivity contribution < 1.29 is 17.9 Å². The normalized spacial score (nSPS) is 29.9. The van der Waals surface area contributed by atoms with Crippen LogP contribution in [0.25, 0.3) is 0 Å². The molecule has 0 unspecified atom stereocenters. The molecule has 27 heavy (non-hydrogen) atoms. The summed E-state index contributed by atoms with van der Waals surface area (Å²) in [5.41, 5.74) is 2.77. The van der Waals surface area contributed by atoms with E-state index in [1.165, 1.54) is 30.0 Å². The molecular weight excluding hydrogens is 349 g/mol. The number of hydrogen-bond acceptors (Lipinski definition) is 1. The minimum absolute atomic E-state index is 0.0719. The summed E-state index contributed by atoms with van der Waals surface area (Å²) in [6.45, 7) is 2.86. The van der Waals surface area contributed by atoms with Gasteiger partial charge in [-0.15, -0.1) is 0 Å². The summed E-state index contributed by atoms with van der Waals surface area (Å²) in [5, 5.41) is 0. The Morgan fingerprint density at radius 2 is 1.33 bits per heavy atom. The van der Waals surface area contributed by atoms with Gasteiger partial charge in [-0.2, -0.15) is 13.2 Å². The molecule has 0 bridgehead atoms. The number of hydrogen-bond donors (Lipinski definition) is 0. The van der Waals surface area contributed by atoms with Crippen LogP contribution in [0.2, 0.25) is 0 Å². The fourth-order valence-corrected chi connectivity index (χ4v) is 4.73. The summed E-state index contributed by atoms with van der Waals surface area (Å²) in [6.07, 6.45) is 6.36. The maximum atomic E-state index is 12.3. The minimum Gasteiger partial charge on any atom is -0.379 e. The van der Waals surface area contributed by atoms with Crippen LogP contribution in [-0.2, 0) is 4.74 Å². The highest BCUT2D eigenvalue weighted by Crippen LogP contribution is 2.38. The molecule has 0 aromatic heterocycles. The van der Waals surface area contributed by atoms with Gasteiger partial charge in [0.1, 0.15) is 0 Å². The van der Waals surface area contributed by atoms with Gasteiger partial charge in [-0.3, -0.25) is 0 Å². The lowest BCUT2D eigenvalue weighted by Gasteiger charge is -2.29. The smallest absolute Gasteiger partial charge is 0.379 e. The second-order valence-electron chi connectivity index (χ2n) is 8.11. The fourth-order valence-electron chi connectivity index (χ4n) is 4.73. The molecule has 3 rings (SSSR count). The molecular formula is C23H31F3O. The molecule has 0 N–H and O–H groups in total. The maximum Gasteiger partial charge on any atom is 0.409 e. The van der Waals surface area contributed by atoms with Crippen molar-refractivity contribution in [2.45, 2.75) is 82.4 Å². The molecule has 0 saturated heterocycles. The monoisotopic (exact) mass is 380 g/mol. The SMILES string of the molecule is CCOC1CCC(c2ccc(C3CCC(/C=C/C(F)(F)F)CC3)cc2)CC1. The van der Waals surface area contributed by atoms with E-state index in [-0.39, 0.29) is 5.92 Å². The van der Waals surface area contributed by atoms with Gasteiger partial charge in [0.05, 0.1) is 6.10 Å². The molecule has 0 heterocycles. The number of halogens is 3. The second kappa shape index (κ2) is 9.27. The first-order chi connectivity index (χ1) is 12.9. The Kier molecular flexibility index (Phi) is 7.02. The van der Waals surface area contributed by atoms with Crippen molar-refractivity contribution >= 4 is 0 Å². The Labute approximate surface area is 161 Å². The lowest BCUT2D eigenvalue weighted by Crippen LogP contribution is -2.20. The Hall–Kier alpha value is -1.29. The third-order valence-corrected chi connectivity index (χ3v) is 6.29. The van der Waals surface area contributed by atoms with E-state index < -0.39 is 6.18 Å². The summed E-state index contributed by atoms with van der Waals surface area (Å²) >= 11 is 0. The second-order valence-corrected chi connectivity index (χ2v) is 8.11. The van der Waals surface area contributed by atoms with Crippen LogP contribution >= 0.6 is 0 Å². The van der Waals surface area contributed by atoms with Gasteiger partial charge in [0.15, 0.2) is 0 Å². The van der Waals surface area contributed by atoms with Gasteiger partial charge >= 0.3 is 6.18 Å². The van der Waals surface area contributed by atoms with Crippen molar-refractivity contribution in [2.75, 3.05) is 6.61 Å². The topological polar surface area (TPSA) is 9.23 Å². The molecule has 0 atom stereocenters. The highest BCUT2D eigenvalue weighted by molar-refractivity contribution is 5.28. The molecule has 1 aromatic carbocycles. The van der Waals surface area contributed by atoms with Gasteiger partial charge in [-0.05, 0) is 87.2 Å². The molecule has 2 saturated carbocycles. The first-order valence-corrected chi connectivity index (χ1v) is 10.4. The van der Waals surface area contributed by atoms with Crippen molar-refractivity contribution in [2.24, 2.45) is 5.92 Å². The van der Waals surface area contributed by atoms with E-state index in [1.807, 2.05) is 0 Å². The van der Waals surface area contributed by atoms with E-state index >= 15 is 0 Å². The Morgan fingerprint density at radius 3 is 1.78 bits per heavy atom. The summed E-state index contributed by atoms with van der Waals surface area (Å²) in [7, 11) is 0.